The van der Waals surface area contributed by atoms with E-state index < -0.39 is 0 Å². The fourth-order valence-corrected chi connectivity index (χ4v) is 3.10. The maximum atomic E-state index is 12.5. The highest BCUT2D eigenvalue weighted by atomic mass is 16.2. The highest BCUT2D eigenvalue weighted by Crippen LogP contribution is 2.13. The second-order valence-corrected chi connectivity index (χ2v) is 6.84. The van der Waals surface area contributed by atoms with Crippen LogP contribution in [0.15, 0.2) is 48.5 Å². The lowest BCUT2D eigenvalue weighted by Gasteiger charge is -2.19. The zero-order valence-corrected chi connectivity index (χ0v) is 16.7. The van der Waals surface area contributed by atoms with Crippen molar-refractivity contribution in [3.05, 3.63) is 65.2 Å². The zero-order chi connectivity index (χ0) is 19.8. The van der Waals surface area contributed by atoms with Gasteiger partial charge >= 0.3 is 0 Å². The van der Waals surface area contributed by atoms with Crippen molar-refractivity contribution in [3.8, 4) is 0 Å². The molecule has 0 saturated carbocycles. The summed E-state index contributed by atoms with van der Waals surface area (Å²) >= 11 is 0. The number of hydrogen-bond acceptors (Lipinski definition) is 2. The molecule has 0 spiro atoms. The largest absolute Gasteiger partial charge is 0.339 e. The van der Waals surface area contributed by atoms with E-state index in [1.165, 1.54) is 11.1 Å². The third kappa shape index (κ3) is 5.93. The van der Waals surface area contributed by atoms with E-state index in [2.05, 4.69) is 24.4 Å². The van der Waals surface area contributed by atoms with E-state index in [9.17, 15) is 9.59 Å². The molecule has 0 aliphatic carbocycles. The molecule has 0 aliphatic heterocycles. The van der Waals surface area contributed by atoms with Gasteiger partial charge in [-0.25, -0.2) is 0 Å². The lowest BCUT2D eigenvalue weighted by atomic mass is 10.1. The third-order valence-corrected chi connectivity index (χ3v) is 4.66. The number of carbonyl (C=O) groups is 2. The smallest absolute Gasteiger partial charge is 0.279 e. The Hall–Kier alpha value is -2.66. The Morgan fingerprint density at radius 2 is 1.74 bits per heavy atom. The quantitative estimate of drug-likeness (QED) is 0.750. The summed E-state index contributed by atoms with van der Waals surface area (Å²) in [5.41, 5.74) is 3.73. The SMILES string of the molecule is CCN(CC)C(=O)c1cccc(NC(=O)C[NH+](C)Cc2ccccc2C)c1. The second-order valence-electron chi connectivity index (χ2n) is 6.84. The molecule has 2 aromatic carbocycles. The molecule has 0 heterocycles. The number of amides is 2. The minimum Gasteiger partial charge on any atom is -0.339 e. The van der Waals surface area contributed by atoms with Crippen molar-refractivity contribution in [2.24, 2.45) is 0 Å². The molecule has 2 amide bonds. The van der Waals surface area contributed by atoms with Crippen molar-refractivity contribution in [3.63, 3.8) is 0 Å². The number of anilines is 1. The number of rotatable bonds is 8. The standard InChI is InChI=1S/C22H29N3O2/c1-5-25(6-2)22(27)18-12-9-13-20(14-18)23-21(26)16-24(4)15-19-11-8-7-10-17(19)3/h7-14H,5-6,15-16H2,1-4H3,(H,23,26)/p+1. The monoisotopic (exact) mass is 368 g/mol. The summed E-state index contributed by atoms with van der Waals surface area (Å²) in [6.45, 7) is 8.49. The van der Waals surface area contributed by atoms with Crippen LogP contribution < -0.4 is 10.2 Å². The second kappa shape index (κ2) is 9.88. The molecule has 5 nitrogen and oxygen atoms in total. The van der Waals surface area contributed by atoms with E-state index in [4.69, 9.17) is 0 Å². The summed E-state index contributed by atoms with van der Waals surface area (Å²) in [4.78, 5) is 27.7. The molecule has 0 saturated heterocycles. The van der Waals surface area contributed by atoms with Crippen LogP contribution in [0.3, 0.4) is 0 Å². The van der Waals surface area contributed by atoms with Gasteiger partial charge in [0.25, 0.3) is 11.8 Å². The molecule has 2 rings (SSSR count). The maximum absolute atomic E-state index is 12.5. The zero-order valence-electron chi connectivity index (χ0n) is 16.7. The third-order valence-electron chi connectivity index (χ3n) is 4.66. The normalized spacial score (nSPS) is 11.7. The van der Waals surface area contributed by atoms with Crippen molar-refractivity contribution in [1.29, 1.82) is 0 Å². The molecule has 0 radical (unpaired) electrons. The number of carbonyl (C=O) groups excluding carboxylic acids is 2. The molecule has 27 heavy (non-hydrogen) atoms. The number of likely N-dealkylation sites (N-methyl/N-ethyl adjacent to an activating group) is 1. The van der Waals surface area contributed by atoms with Crippen LogP contribution in [0.25, 0.3) is 0 Å². The van der Waals surface area contributed by atoms with Gasteiger partial charge in [0, 0.05) is 29.9 Å². The summed E-state index contributed by atoms with van der Waals surface area (Å²) in [7, 11) is 2.01. The lowest BCUT2D eigenvalue weighted by molar-refractivity contribution is -0.885. The highest BCUT2D eigenvalue weighted by Gasteiger charge is 2.15. The average molecular weight is 369 g/mol. The van der Waals surface area contributed by atoms with Gasteiger partial charge in [-0.15, -0.1) is 0 Å². The minimum absolute atomic E-state index is 0.0154. The molecular weight excluding hydrogens is 338 g/mol. The van der Waals surface area contributed by atoms with Gasteiger partial charge in [-0.3, -0.25) is 9.59 Å². The van der Waals surface area contributed by atoms with Gasteiger partial charge in [0.1, 0.15) is 6.54 Å². The summed E-state index contributed by atoms with van der Waals surface area (Å²) in [6.07, 6.45) is 0. The van der Waals surface area contributed by atoms with Gasteiger partial charge in [0.2, 0.25) is 0 Å². The van der Waals surface area contributed by atoms with Crippen LogP contribution >= 0.6 is 0 Å². The van der Waals surface area contributed by atoms with E-state index in [1.807, 2.05) is 39.1 Å². The van der Waals surface area contributed by atoms with Gasteiger partial charge in [-0.05, 0) is 44.5 Å². The first-order chi connectivity index (χ1) is 12.9. The predicted octanol–water partition coefficient (Wildman–Crippen LogP) is 2.13. The van der Waals surface area contributed by atoms with Crippen LogP contribution in [-0.4, -0.2) is 43.4 Å². The Kier molecular flexibility index (Phi) is 7.55. The van der Waals surface area contributed by atoms with E-state index in [0.29, 0.717) is 30.9 Å². The maximum Gasteiger partial charge on any atom is 0.279 e. The molecule has 0 fully saturated rings. The average Bonchev–Trinajstić information content (AvgIpc) is 2.64. The highest BCUT2D eigenvalue weighted by molar-refractivity contribution is 5.97. The summed E-state index contributed by atoms with van der Waals surface area (Å²) in [5, 5.41) is 2.91. The van der Waals surface area contributed by atoms with Gasteiger partial charge in [0.05, 0.1) is 7.05 Å². The molecule has 0 aromatic heterocycles. The van der Waals surface area contributed by atoms with Crippen LogP contribution in [0.1, 0.15) is 35.3 Å². The van der Waals surface area contributed by atoms with Crippen molar-refractivity contribution in [1.82, 2.24) is 4.90 Å². The van der Waals surface area contributed by atoms with E-state index >= 15 is 0 Å². The summed E-state index contributed by atoms with van der Waals surface area (Å²) in [6, 6.07) is 15.4. The molecule has 5 heteroatoms. The first kappa shape index (κ1) is 20.6. The first-order valence-electron chi connectivity index (χ1n) is 9.49. The van der Waals surface area contributed by atoms with E-state index in [1.54, 1.807) is 23.1 Å². The molecule has 144 valence electrons. The van der Waals surface area contributed by atoms with Gasteiger partial charge in [-0.2, -0.15) is 0 Å². The van der Waals surface area contributed by atoms with Crippen molar-refractivity contribution in [2.45, 2.75) is 27.3 Å². The number of nitrogens with zero attached hydrogens (tertiary/aromatic N) is 1. The molecule has 1 atom stereocenters. The van der Waals surface area contributed by atoms with Crippen molar-refractivity contribution >= 4 is 17.5 Å². The molecule has 2 N–H and O–H groups in total. The van der Waals surface area contributed by atoms with Crippen LogP contribution in [0.2, 0.25) is 0 Å². The Morgan fingerprint density at radius 3 is 2.41 bits per heavy atom. The van der Waals surface area contributed by atoms with Gasteiger partial charge < -0.3 is 15.1 Å². The Morgan fingerprint density at radius 1 is 1.04 bits per heavy atom. The molecule has 0 aliphatic rings. The Balaban J connectivity index is 1.96. The van der Waals surface area contributed by atoms with Crippen LogP contribution in [0, 0.1) is 6.92 Å². The molecule has 2 aromatic rings. The molecular formula is C22H30N3O2+. The van der Waals surface area contributed by atoms with Gasteiger partial charge in [-0.1, -0.05) is 30.3 Å². The lowest BCUT2D eigenvalue weighted by Crippen LogP contribution is -3.08. The number of nitrogens with one attached hydrogen (secondary N) is 2. The summed E-state index contributed by atoms with van der Waals surface area (Å²) < 4.78 is 0. The molecule has 1 unspecified atom stereocenters. The van der Waals surface area contributed by atoms with Crippen molar-refractivity contribution < 1.29 is 14.5 Å². The first-order valence-corrected chi connectivity index (χ1v) is 9.49. The summed E-state index contributed by atoms with van der Waals surface area (Å²) in [5.74, 6) is -0.0769. The van der Waals surface area contributed by atoms with Crippen LogP contribution in [0.5, 0.6) is 0 Å². The van der Waals surface area contributed by atoms with E-state index in [0.717, 1.165) is 11.4 Å². The van der Waals surface area contributed by atoms with Crippen molar-refractivity contribution in [2.75, 3.05) is 32.0 Å². The topological polar surface area (TPSA) is 53.9 Å². The van der Waals surface area contributed by atoms with E-state index in [-0.39, 0.29) is 11.8 Å². The minimum atomic E-state index is -0.0616. The fraction of sp³-hybridized carbons (Fsp3) is 0.364. The Labute approximate surface area is 162 Å². The predicted molar refractivity (Wildman–Crippen MR) is 109 cm³/mol. The molecule has 0 bridgehead atoms. The van der Waals surface area contributed by atoms with Crippen LogP contribution in [-0.2, 0) is 11.3 Å². The number of aryl methyl sites for hydroxylation is 1. The Bertz CT molecular complexity index is 785. The number of benzene rings is 2. The number of hydrogen-bond donors (Lipinski definition) is 2. The van der Waals surface area contributed by atoms with Gasteiger partial charge in [0.15, 0.2) is 6.54 Å². The van der Waals surface area contributed by atoms with Crippen LogP contribution in [0.4, 0.5) is 5.69 Å². The fourth-order valence-electron chi connectivity index (χ4n) is 3.10. The number of quaternary nitrogens is 1.